The fraction of sp³-hybridized carbons (Fsp3) is 0.435. The first-order valence-corrected chi connectivity index (χ1v) is 11.2. The summed E-state index contributed by atoms with van der Waals surface area (Å²) in [5.41, 5.74) is 3.22. The smallest absolute Gasteiger partial charge is 0.206 e. The molecule has 0 bridgehead atoms. The van der Waals surface area contributed by atoms with Crippen molar-refractivity contribution < 1.29 is 0 Å². The van der Waals surface area contributed by atoms with Gasteiger partial charge in [-0.3, -0.25) is 4.99 Å². The summed E-state index contributed by atoms with van der Waals surface area (Å²) in [6, 6.07) is 10.8. The van der Waals surface area contributed by atoms with E-state index in [1.165, 1.54) is 18.4 Å². The number of aromatic amines is 1. The van der Waals surface area contributed by atoms with Crippen LogP contribution in [0.4, 0.5) is 0 Å². The molecule has 0 amide bonds. The van der Waals surface area contributed by atoms with Crippen LogP contribution in [0.2, 0.25) is 0 Å². The van der Waals surface area contributed by atoms with Crippen molar-refractivity contribution in [3.8, 4) is 17.1 Å². The Labute approximate surface area is 183 Å². The highest BCUT2D eigenvalue weighted by atomic mass is 15.5. The van der Waals surface area contributed by atoms with Crippen LogP contribution in [0, 0.1) is 0 Å². The summed E-state index contributed by atoms with van der Waals surface area (Å²) in [6.45, 7) is 5.17. The molecule has 1 aliphatic rings. The van der Waals surface area contributed by atoms with Gasteiger partial charge in [0.25, 0.3) is 0 Å². The van der Waals surface area contributed by atoms with Crippen LogP contribution in [-0.2, 0) is 6.54 Å². The zero-order valence-electron chi connectivity index (χ0n) is 18.3. The lowest BCUT2D eigenvalue weighted by Crippen LogP contribution is -2.32. The lowest BCUT2D eigenvalue weighted by atomic mass is 10.1. The van der Waals surface area contributed by atoms with E-state index in [0.717, 1.165) is 49.3 Å². The van der Waals surface area contributed by atoms with E-state index in [1.807, 2.05) is 24.7 Å². The van der Waals surface area contributed by atoms with Gasteiger partial charge in [-0.25, -0.2) is 5.01 Å². The standard InChI is InChI=1S/C23H30N8/c1-3-5-7-20-15-24-31(22(25-20)8-6-4-2)16-18-9-11-21(12-10-18)30-14-13-19(17-30)23-26-28-29-27-23/h9-15,17,20H,3-8,16H2,1-2H3,(H,26,27,28,29). The van der Waals surface area contributed by atoms with Crippen molar-refractivity contribution in [3.05, 3.63) is 48.3 Å². The van der Waals surface area contributed by atoms with Gasteiger partial charge in [0.05, 0.1) is 12.6 Å². The molecule has 0 radical (unpaired) electrons. The highest BCUT2D eigenvalue weighted by Gasteiger charge is 2.18. The van der Waals surface area contributed by atoms with Crippen molar-refractivity contribution in [1.82, 2.24) is 30.2 Å². The minimum Gasteiger partial charge on any atom is -0.323 e. The van der Waals surface area contributed by atoms with Crippen molar-refractivity contribution in [2.24, 2.45) is 10.1 Å². The van der Waals surface area contributed by atoms with E-state index in [-0.39, 0.29) is 6.04 Å². The van der Waals surface area contributed by atoms with Crippen LogP contribution in [0.15, 0.2) is 52.8 Å². The summed E-state index contributed by atoms with van der Waals surface area (Å²) in [4.78, 5) is 5.00. The first-order valence-electron chi connectivity index (χ1n) is 11.2. The van der Waals surface area contributed by atoms with Crippen LogP contribution >= 0.6 is 0 Å². The molecule has 0 saturated heterocycles. The molecule has 0 saturated carbocycles. The average Bonchev–Trinajstić information content (AvgIpc) is 3.50. The molecule has 0 aliphatic carbocycles. The summed E-state index contributed by atoms with van der Waals surface area (Å²) in [7, 11) is 0. The second-order valence-electron chi connectivity index (χ2n) is 7.89. The van der Waals surface area contributed by atoms with Gasteiger partial charge in [0, 0.05) is 36.3 Å². The molecular weight excluding hydrogens is 388 g/mol. The normalized spacial score (nSPS) is 16.0. The Balaban J connectivity index is 1.43. The molecule has 1 atom stereocenters. The van der Waals surface area contributed by atoms with Gasteiger partial charge in [-0.2, -0.15) is 10.3 Å². The second-order valence-corrected chi connectivity index (χ2v) is 7.89. The minimum absolute atomic E-state index is 0.229. The Morgan fingerprint density at radius 2 is 1.87 bits per heavy atom. The van der Waals surface area contributed by atoms with Crippen LogP contribution in [0.3, 0.4) is 0 Å². The van der Waals surface area contributed by atoms with Crippen LogP contribution < -0.4 is 0 Å². The van der Waals surface area contributed by atoms with E-state index in [4.69, 9.17) is 10.1 Å². The third kappa shape index (κ3) is 5.25. The Morgan fingerprint density at radius 1 is 1.03 bits per heavy atom. The lowest BCUT2D eigenvalue weighted by molar-refractivity contribution is 0.413. The number of hydrazone groups is 1. The number of hydrogen-bond donors (Lipinski definition) is 1. The first kappa shape index (κ1) is 21.0. The number of hydrogen-bond acceptors (Lipinski definition) is 6. The molecular formula is C23H30N8. The van der Waals surface area contributed by atoms with Crippen LogP contribution in [0.25, 0.3) is 17.1 Å². The summed E-state index contributed by atoms with van der Waals surface area (Å²) >= 11 is 0. The molecule has 0 spiro atoms. The van der Waals surface area contributed by atoms with E-state index >= 15 is 0 Å². The number of nitrogens with one attached hydrogen (secondary N) is 1. The average molecular weight is 419 g/mol. The number of tetrazole rings is 1. The highest BCUT2D eigenvalue weighted by Crippen LogP contribution is 2.20. The zero-order chi connectivity index (χ0) is 21.5. The number of amidine groups is 1. The van der Waals surface area contributed by atoms with Gasteiger partial charge in [0.2, 0.25) is 5.82 Å². The summed E-state index contributed by atoms with van der Waals surface area (Å²) in [6.07, 6.45) is 12.8. The van der Waals surface area contributed by atoms with E-state index in [1.54, 1.807) is 0 Å². The first-order chi connectivity index (χ1) is 15.3. The molecule has 162 valence electrons. The van der Waals surface area contributed by atoms with E-state index in [0.29, 0.717) is 5.82 Å². The maximum absolute atomic E-state index is 5.00. The number of aliphatic imine (C=N–C) groups is 1. The van der Waals surface area contributed by atoms with Crippen molar-refractivity contribution in [2.75, 3.05) is 0 Å². The molecule has 8 heteroatoms. The van der Waals surface area contributed by atoms with E-state index in [9.17, 15) is 0 Å². The van der Waals surface area contributed by atoms with Gasteiger partial charge in [-0.15, -0.1) is 10.2 Å². The molecule has 3 aromatic rings. The predicted molar refractivity (Wildman–Crippen MR) is 123 cm³/mol. The Kier molecular flexibility index (Phi) is 6.86. The van der Waals surface area contributed by atoms with Crippen LogP contribution in [0.5, 0.6) is 0 Å². The lowest BCUT2D eigenvalue weighted by Gasteiger charge is -2.26. The second kappa shape index (κ2) is 10.1. The quantitative estimate of drug-likeness (QED) is 0.521. The SMILES string of the molecule is CCCCC1=NC(CCCC)C=NN1Cc1ccc(-n2ccc(-c3nn[nH]n3)c2)cc1. The number of aromatic nitrogens is 5. The van der Waals surface area contributed by atoms with Gasteiger partial charge < -0.3 is 4.57 Å². The van der Waals surface area contributed by atoms with Gasteiger partial charge in [-0.05, 0) is 41.8 Å². The molecule has 1 N–H and O–H groups in total. The summed E-state index contributed by atoms with van der Waals surface area (Å²) in [5.74, 6) is 1.71. The maximum Gasteiger partial charge on any atom is 0.206 e. The van der Waals surface area contributed by atoms with Gasteiger partial charge >= 0.3 is 0 Å². The zero-order valence-corrected chi connectivity index (χ0v) is 18.3. The molecule has 0 fully saturated rings. The highest BCUT2D eigenvalue weighted by molar-refractivity contribution is 5.87. The van der Waals surface area contributed by atoms with Gasteiger partial charge in [-0.1, -0.05) is 45.2 Å². The summed E-state index contributed by atoms with van der Waals surface area (Å²) < 4.78 is 2.06. The van der Waals surface area contributed by atoms with Crippen LogP contribution in [-0.4, -0.2) is 48.3 Å². The molecule has 3 heterocycles. The molecule has 1 aromatic carbocycles. The molecule has 2 aromatic heterocycles. The van der Waals surface area contributed by atoms with Gasteiger partial charge in [0.15, 0.2) is 0 Å². The topological polar surface area (TPSA) is 87.4 Å². The number of nitrogens with zero attached hydrogens (tertiary/aromatic N) is 7. The molecule has 4 rings (SSSR count). The minimum atomic E-state index is 0.229. The van der Waals surface area contributed by atoms with Crippen LogP contribution in [0.1, 0.15) is 57.9 Å². The van der Waals surface area contributed by atoms with E-state index < -0.39 is 0 Å². The third-order valence-electron chi connectivity index (χ3n) is 5.46. The Hall–Kier alpha value is -3.29. The van der Waals surface area contributed by atoms with Crippen molar-refractivity contribution >= 4 is 12.1 Å². The molecule has 8 nitrogen and oxygen atoms in total. The van der Waals surface area contributed by atoms with E-state index in [2.05, 4.69) is 68.3 Å². The predicted octanol–water partition coefficient (Wildman–Crippen LogP) is 4.61. The third-order valence-corrected chi connectivity index (χ3v) is 5.46. The van der Waals surface area contributed by atoms with Gasteiger partial charge in [0.1, 0.15) is 5.84 Å². The number of benzene rings is 1. The fourth-order valence-corrected chi connectivity index (χ4v) is 3.65. The maximum atomic E-state index is 5.00. The molecule has 1 aliphatic heterocycles. The molecule has 31 heavy (non-hydrogen) atoms. The number of H-pyrrole nitrogens is 1. The Morgan fingerprint density at radius 3 is 2.61 bits per heavy atom. The number of rotatable bonds is 10. The van der Waals surface area contributed by atoms with Crippen molar-refractivity contribution in [1.29, 1.82) is 0 Å². The number of unbranched alkanes of at least 4 members (excludes halogenated alkanes) is 2. The summed E-state index contributed by atoms with van der Waals surface area (Å²) in [5, 5.41) is 21.0. The molecule has 1 unspecified atom stereocenters. The van der Waals surface area contributed by atoms with Crippen molar-refractivity contribution in [3.63, 3.8) is 0 Å². The van der Waals surface area contributed by atoms with Crippen molar-refractivity contribution in [2.45, 2.75) is 65.0 Å². The fourth-order valence-electron chi connectivity index (χ4n) is 3.65. The largest absolute Gasteiger partial charge is 0.323 e. The monoisotopic (exact) mass is 418 g/mol. The Bertz CT molecular complexity index is 1000.